The van der Waals surface area contributed by atoms with Gasteiger partial charge in [0.25, 0.3) is 5.91 Å². The van der Waals surface area contributed by atoms with E-state index in [-0.39, 0.29) is 5.91 Å². The molecule has 7 heteroatoms. The lowest BCUT2D eigenvalue weighted by Gasteiger charge is -2.12. The van der Waals surface area contributed by atoms with Gasteiger partial charge < -0.3 is 20.7 Å². The average molecular weight is 348 g/mol. The van der Waals surface area contributed by atoms with Crippen LogP contribution in [0.4, 0.5) is 21.9 Å². The fraction of sp³-hybridized carbons (Fsp3) is 0.176. The molecule has 0 aromatic heterocycles. The Morgan fingerprint density at radius 3 is 2.33 bits per heavy atom. The van der Waals surface area contributed by atoms with E-state index in [0.717, 1.165) is 0 Å². The summed E-state index contributed by atoms with van der Waals surface area (Å²) >= 11 is 6.00. The molecule has 6 nitrogen and oxygen atoms in total. The Morgan fingerprint density at radius 1 is 1.00 bits per heavy atom. The van der Waals surface area contributed by atoms with Crippen molar-refractivity contribution in [2.24, 2.45) is 0 Å². The number of ether oxygens (including phenoxy) is 1. The molecule has 0 radical (unpaired) electrons. The molecule has 3 N–H and O–H groups in total. The highest BCUT2D eigenvalue weighted by Crippen LogP contribution is 2.21. The molecule has 3 amide bonds. The quantitative estimate of drug-likeness (QED) is 0.766. The van der Waals surface area contributed by atoms with Crippen molar-refractivity contribution in [3.8, 4) is 0 Å². The summed E-state index contributed by atoms with van der Waals surface area (Å²) in [6.45, 7) is 1.65. The summed E-state index contributed by atoms with van der Waals surface area (Å²) in [4.78, 5) is 23.8. The van der Waals surface area contributed by atoms with Crippen LogP contribution >= 0.6 is 11.6 Å². The van der Waals surface area contributed by atoms with Gasteiger partial charge in [-0.05, 0) is 37.3 Å². The molecule has 24 heavy (non-hydrogen) atoms. The standard InChI is InChI=1S/C17H18ClN3O3/c1-11(24-2)16(22)19-12-6-5-7-13(10-12)20-17(23)21-15-9-4-3-8-14(15)18/h3-11H,1-2H3,(H,19,22)(H2,20,21,23). The Labute approximate surface area is 145 Å². The SMILES string of the molecule is COC(C)C(=O)Nc1cccc(NC(=O)Nc2ccccc2Cl)c1. The number of carbonyl (C=O) groups excluding carboxylic acids is 2. The number of amides is 3. The third-order valence-corrected chi connectivity index (χ3v) is 3.56. The molecule has 0 bridgehead atoms. The van der Waals surface area contributed by atoms with Crippen LogP contribution in [0.15, 0.2) is 48.5 Å². The number of halogens is 1. The molecular weight excluding hydrogens is 330 g/mol. The van der Waals surface area contributed by atoms with Crippen molar-refractivity contribution in [2.75, 3.05) is 23.1 Å². The van der Waals surface area contributed by atoms with Gasteiger partial charge in [0.05, 0.1) is 10.7 Å². The first kappa shape index (κ1) is 17.8. The lowest BCUT2D eigenvalue weighted by atomic mass is 10.2. The molecule has 0 saturated heterocycles. The largest absolute Gasteiger partial charge is 0.372 e. The molecule has 2 rings (SSSR count). The van der Waals surface area contributed by atoms with Crippen molar-refractivity contribution in [1.29, 1.82) is 0 Å². The number of benzene rings is 2. The molecule has 1 unspecified atom stereocenters. The van der Waals surface area contributed by atoms with Gasteiger partial charge >= 0.3 is 6.03 Å². The zero-order valence-electron chi connectivity index (χ0n) is 13.3. The van der Waals surface area contributed by atoms with Crippen LogP contribution in [0.3, 0.4) is 0 Å². The lowest BCUT2D eigenvalue weighted by molar-refractivity contribution is -0.124. The Bertz CT molecular complexity index is 737. The molecule has 0 aliphatic heterocycles. The molecule has 0 saturated carbocycles. The van der Waals surface area contributed by atoms with Crippen LogP contribution in [0.5, 0.6) is 0 Å². The summed E-state index contributed by atoms with van der Waals surface area (Å²) in [6, 6.07) is 13.3. The van der Waals surface area contributed by atoms with E-state index >= 15 is 0 Å². The number of carbonyl (C=O) groups is 2. The molecule has 2 aromatic carbocycles. The van der Waals surface area contributed by atoms with Gasteiger partial charge in [-0.25, -0.2) is 4.79 Å². The van der Waals surface area contributed by atoms with E-state index in [9.17, 15) is 9.59 Å². The van der Waals surface area contributed by atoms with Crippen molar-refractivity contribution in [1.82, 2.24) is 0 Å². The van der Waals surface area contributed by atoms with Crippen LogP contribution in [-0.2, 0) is 9.53 Å². The number of anilines is 3. The summed E-state index contributed by atoms with van der Waals surface area (Å²) < 4.78 is 4.95. The van der Waals surface area contributed by atoms with Gasteiger partial charge in [0.1, 0.15) is 6.10 Å². The lowest BCUT2D eigenvalue weighted by Crippen LogP contribution is -2.26. The second-order valence-corrected chi connectivity index (χ2v) is 5.41. The summed E-state index contributed by atoms with van der Waals surface area (Å²) in [6.07, 6.45) is -0.565. The van der Waals surface area contributed by atoms with Crippen LogP contribution in [0, 0.1) is 0 Å². The number of nitrogens with one attached hydrogen (secondary N) is 3. The normalized spacial score (nSPS) is 11.5. The zero-order chi connectivity index (χ0) is 17.5. The third kappa shape index (κ3) is 4.97. The van der Waals surface area contributed by atoms with Crippen molar-refractivity contribution in [3.63, 3.8) is 0 Å². The second-order valence-electron chi connectivity index (χ2n) is 5.01. The van der Waals surface area contributed by atoms with E-state index < -0.39 is 12.1 Å². The zero-order valence-corrected chi connectivity index (χ0v) is 14.1. The topological polar surface area (TPSA) is 79.5 Å². The third-order valence-electron chi connectivity index (χ3n) is 3.23. The van der Waals surface area contributed by atoms with Gasteiger partial charge in [-0.3, -0.25) is 4.79 Å². The van der Waals surface area contributed by atoms with Crippen molar-refractivity contribution < 1.29 is 14.3 Å². The first-order chi connectivity index (χ1) is 11.5. The van der Waals surface area contributed by atoms with Crippen molar-refractivity contribution >= 4 is 40.6 Å². The Morgan fingerprint density at radius 2 is 1.67 bits per heavy atom. The fourth-order valence-corrected chi connectivity index (χ4v) is 2.06. The molecule has 2 aromatic rings. The highest BCUT2D eigenvalue weighted by Gasteiger charge is 2.12. The van der Waals surface area contributed by atoms with E-state index in [4.69, 9.17) is 16.3 Å². The van der Waals surface area contributed by atoms with Crippen molar-refractivity contribution in [2.45, 2.75) is 13.0 Å². The molecule has 0 fully saturated rings. The van der Waals surface area contributed by atoms with E-state index in [1.807, 2.05) is 0 Å². The minimum absolute atomic E-state index is 0.268. The maximum absolute atomic E-state index is 12.0. The molecule has 0 aliphatic carbocycles. The van der Waals surface area contributed by atoms with E-state index in [2.05, 4.69) is 16.0 Å². The molecule has 126 valence electrons. The highest BCUT2D eigenvalue weighted by atomic mass is 35.5. The number of para-hydroxylation sites is 1. The maximum Gasteiger partial charge on any atom is 0.323 e. The monoisotopic (exact) mass is 347 g/mol. The average Bonchev–Trinajstić information content (AvgIpc) is 2.56. The Kier molecular flexibility index (Phi) is 6.17. The molecular formula is C17H18ClN3O3. The van der Waals surface area contributed by atoms with Crippen LogP contribution < -0.4 is 16.0 Å². The van der Waals surface area contributed by atoms with Crippen LogP contribution in [-0.4, -0.2) is 25.2 Å². The van der Waals surface area contributed by atoms with E-state index in [1.54, 1.807) is 55.5 Å². The number of hydrogen-bond donors (Lipinski definition) is 3. The molecule has 0 spiro atoms. The van der Waals surface area contributed by atoms with Gasteiger partial charge in [0.15, 0.2) is 0 Å². The minimum Gasteiger partial charge on any atom is -0.372 e. The second kappa shape index (κ2) is 8.33. The van der Waals surface area contributed by atoms with Crippen LogP contribution in [0.1, 0.15) is 6.92 Å². The van der Waals surface area contributed by atoms with E-state index in [1.165, 1.54) is 7.11 Å². The first-order valence-corrected chi connectivity index (χ1v) is 7.63. The summed E-state index contributed by atoms with van der Waals surface area (Å²) in [5.74, 6) is -0.268. The maximum atomic E-state index is 12.0. The van der Waals surface area contributed by atoms with E-state index in [0.29, 0.717) is 22.1 Å². The Balaban J connectivity index is 2.00. The molecule has 0 heterocycles. The predicted molar refractivity (Wildman–Crippen MR) is 95.6 cm³/mol. The van der Waals surface area contributed by atoms with Gasteiger partial charge in [-0.15, -0.1) is 0 Å². The number of rotatable bonds is 5. The number of methoxy groups -OCH3 is 1. The molecule has 0 aliphatic rings. The summed E-state index contributed by atoms with van der Waals surface area (Å²) in [7, 11) is 1.46. The number of urea groups is 1. The van der Waals surface area contributed by atoms with Gasteiger partial charge in [-0.2, -0.15) is 0 Å². The van der Waals surface area contributed by atoms with Crippen LogP contribution in [0.25, 0.3) is 0 Å². The fourth-order valence-electron chi connectivity index (χ4n) is 1.87. The summed E-state index contributed by atoms with van der Waals surface area (Å²) in [5, 5.41) is 8.49. The molecule has 1 atom stereocenters. The van der Waals surface area contributed by atoms with Crippen molar-refractivity contribution in [3.05, 3.63) is 53.6 Å². The van der Waals surface area contributed by atoms with Gasteiger partial charge in [0, 0.05) is 18.5 Å². The Hall–Kier alpha value is -2.57. The van der Waals surface area contributed by atoms with Crippen LogP contribution in [0.2, 0.25) is 5.02 Å². The summed E-state index contributed by atoms with van der Waals surface area (Å²) in [5.41, 5.74) is 1.59. The number of hydrogen-bond acceptors (Lipinski definition) is 3. The van der Waals surface area contributed by atoms with Gasteiger partial charge in [-0.1, -0.05) is 29.8 Å². The predicted octanol–water partition coefficient (Wildman–Crippen LogP) is 3.96. The first-order valence-electron chi connectivity index (χ1n) is 7.26. The van der Waals surface area contributed by atoms with Gasteiger partial charge in [0.2, 0.25) is 0 Å². The smallest absolute Gasteiger partial charge is 0.323 e. The highest BCUT2D eigenvalue weighted by molar-refractivity contribution is 6.33. The minimum atomic E-state index is -0.565.